The molecule has 5 rings (SSSR count). The highest BCUT2D eigenvalue weighted by molar-refractivity contribution is 5.72. The minimum atomic E-state index is -0.341. The first-order valence-corrected chi connectivity index (χ1v) is 9.56. The fraction of sp³-hybridized carbons (Fsp3) is 0.409. The summed E-state index contributed by atoms with van der Waals surface area (Å²) in [7, 11) is 0. The second kappa shape index (κ2) is 6.33. The largest absolute Gasteiger partial charge is 0.454 e. The SMILES string of the molecule is CC(=O)Oc1cc2c(c3c1C[C@H](C)[C@@H](C)[C@@H]3c1ccc3c(c1)OCO3)OCO2. The van der Waals surface area contributed by atoms with Crippen molar-refractivity contribution < 1.29 is 28.5 Å². The fourth-order valence-electron chi connectivity index (χ4n) is 4.54. The van der Waals surface area contributed by atoms with E-state index >= 15 is 0 Å². The number of ether oxygens (including phenoxy) is 5. The quantitative estimate of drug-likeness (QED) is 0.577. The first-order chi connectivity index (χ1) is 13.5. The standard InChI is InChI=1S/C22H22O6/c1-11-6-15-17(28-13(3)23)8-19-22(27-10-26-19)21(15)20(12(11)2)14-4-5-16-18(7-14)25-9-24-16/h4-5,7-8,11-12,20H,6,9-10H2,1-3H3/t11-,12+,20+/m0/s1. The Bertz CT molecular complexity index is 966. The van der Waals surface area contributed by atoms with Crippen LogP contribution in [0, 0.1) is 11.8 Å². The lowest BCUT2D eigenvalue weighted by Crippen LogP contribution is -2.28. The summed E-state index contributed by atoms with van der Waals surface area (Å²) in [5.74, 6) is 3.96. The van der Waals surface area contributed by atoms with Gasteiger partial charge < -0.3 is 23.7 Å². The van der Waals surface area contributed by atoms with E-state index in [9.17, 15) is 4.79 Å². The highest BCUT2D eigenvalue weighted by Gasteiger charge is 2.40. The van der Waals surface area contributed by atoms with Crippen LogP contribution >= 0.6 is 0 Å². The average Bonchev–Trinajstić information content (AvgIpc) is 3.31. The van der Waals surface area contributed by atoms with Crippen LogP contribution in [-0.4, -0.2) is 19.6 Å². The van der Waals surface area contributed by atoms with Crippen molar-refractivity contribution >= 4 is 5.97 Å². The molecule has 2 aliphatic heterocycles. The number of esters is 1. The molecule has 2 aromatic rings. The zero-order chi connectivity index (χ0) is 19.4. The molecule has 6 nitrogen and oxygen atoms in total. The van der Waals surface area contributed by atoms with Crippen molar-refractivity contribution in [3.05, 3.63) is 41.0 Å². The van der Waals surface area contributed by atoms with Gasteiger partial charge in [0.15, 0.2) is 23.0 Å². The molecule has 0 amide bonds. The predicted molar refractivity (Wildman–Crippen MR) is 100 cm³/mol. The molecule has 2 aromatic carbocycles. The van der Waals surface area contributed by atoms with Crippen LogP contribution in [-0.2, 0) is 11.2 Å². The summed E-state index contributed by atoms with van der Waals surface area (Å²) in [4.78, 5) is 11.7. The maximum absolute atomic E-state index is 11.7. The first-order valence-electron chi connectivity index (χ1n) is 9.56. The van der Waals surface area contributed by atoms with Crippen molar-refractivity contribution in [1.29, 1.82) is 0 Å². The monoisotopic (exact) mass is 382 g/mol. The molecule has 0 saturated carbocycles. The van der Waals surface area contributed by atoms with E-state index in [2.05, 4.69) is 19.9 Å². The molecule has 1 aliphatic carbocycles. The average molecular weight is 382 g/mol. The summed E-state index contributed by atoms with van der Waals surface area (Å²) in [5, 5.41) is 0. The minimum absolute atomic E-state index is 0.0687. The molecule has 6 heteroatoms. The van der Waals surface area contributed by atoms with Gasteiger partial charge in [-0.25, -0.2) is 0 Å². The van der Waals surface area contributed by atoms with Gasteiger partial charge in [-0.1, -0.05) is 19.9 Å². The lowest BCUT2D eigenvalue weighted by atomic mass is 9.67. The zero-order valence-corrected chi connectivity index (χ0v) is 16.1. The summed E-state index contributed by atoms with van der Waals surface area (Å²) >= 11 is 0. The van der Waals surface area contributed by atoms with Crippen LogP contribution in [0.3, 0.4) is 0 Å². The van der Waals surface area contributed by atoms with Gasteiger partial charge in [0.05, 0.1) is 0 Å². The lowest BCUT2D eigenvalue weighted by molar-refractivity contribution is -0.131. The van der Waals surface area contributed by atoms with Gasteiger partial charge in [0, 0.05) is 30.0 Å². The second-order valence-corrected chi connectivity index (χ2v) is 7.73. The summed E-state index contributed by atoms with van der Waals surface area (Å²) in [6.07, 6.45) is 0.816. The molecule has 3 atom stereocenters. The van der Waals surface area contributed by atoms with Crippen LogP contribution < -0.4 is 23.7 Å². The highest BCUT2D eigenvalue weighted by atomic mass is 16.7. The van der Waals surface area contributed by atoms with Crippen molar-refractivity contribution in [2.45, 2.75) is 33.1 Å². The Morgan fingerprint density at radius 2 is 1.75 bits per heavy atom. The van der Waals surface area contributed by atoms with Crippen molar-refractivity contribution in [3.63, 3.8) is 0 Å². The van der Waals surface area contributed by atoms with E-state index in [1.54, 1.807) is 6.07 Å². The molecule has 3 aliphatic rings. The third-order valence-electron chi connectivity index (χ3n) is 6.04. The molecule has 146 valence electrons. The van der Waals surface area contributed by atoms with Crippen LogP contribution in [0.4, 0.5) is 0 Å². The van der Waals surface area contributed by atoms with Gasteiger partial charge in [-0.15, -0.1) is 0 Å². The molecule has 0 saturated heterocycles. The number of rotatable bonds is 2. The van der Waals surface area contributed by atoms with Gasteiger partial charge in [-0.2, -0.15) is 0 Å². The van der Waals surface area contributed by atoms with Gasteiger partial charge >= 0.3 is 5.97 Å². The van der Waals surface area contributed by atoms with Crippen molar-refractivity contribution in [1.82, 2.24) is 0 Å². The molecule has 28 heavy (non-hydrogen) atoms. The molecule has 0 spiro atoms. The lowest BCUT2D eigenvalue weighted by Gasteiger charge is -2.37. The summed E-state index contributed by atoms with van der Waals surface area (Å²) in [6, 6.07) is 7.86. The Labute approximate surface area is 163 Å². The minimum Gasteiger partial charge on any atom is -0.454 e. The van der Waals surface area contributed by atoms with E-state index in [0.717, 1.165) is 40.4 Å². The number of fused-ring (bicyclic) bond motifs is 4. The zero-order valence-electron chi connectivity index (χ0n) is 16.1. The van der Waals surface area contributed by atoms with E-state index in [0.29, 0.717) is 23.3 Å². The molecular weight excluding hydrogens is 360 g/mol. The molecule has 0 aromatic heterocycles. The third-order valence-corrected chi connectivity index (χ3v) is 6.04. The predicted octanol–water partition coefficient (Wildman–Crippen LogP) is 4.03. The van der Waals surface area contributed by atoms with Crippen molar-refractivity contribution in [2.75, 3.05) is 13.6 Å². The summed E-state index contributed by atoms with van der Waals surface area (Å²) in [5.41, 5.74) is 3.20. The van der Waals surface area contributed by atoms with Crippen LogP contribution in [0.2, 0.25) is 0 Å². The maximum Gasteiger partial charge on any atom is 0.308 e. The smallest absolute Gasteiger partial charge is 0.308 e. The Kier molecular flexibility index (Phi) is 3.89. The van der Waals surface area contributed by atoms with E-state index in [-0.39, 0.29) is 25.5 Å². The number of carbonyl (C=O) groups is 1. The van der Waals surface area contributed by atoms with E-state index in [1.807, 2.05) is 12.1 Å². The summed E-state index contributed by atoms with van der Waals surface area (Å²) in [6.45, 7) is 6.32. The van der Waals surface area contributed by atoms with Crippen LogP contribution in [0.15, 0.2) is 24.3 Å². The van der Waals surface area contributed by atoms with Gasteiger partial charge in [0.2, 0.25) is 13.6 Å². The fourth-order valence-corrected chi connectivity index (χ4v) is 4.54. The number of benzene rings is 2. The normalized spacial score (nSPS) is 24.0. The molecule has 0 unspecified atom stereocenters. The van der Waals surface area contributed by atoms with Gasteiger partial charge in [0.25, 0.3) is 0 Å². The third kappa shape index (κ3) is 2.58. The summed E-state index contributed by atoms with van der Waals surface area (Å²) < 4.78 is 28.1. The molecule has 2 heterocycles. The Hall–Kier alpha value is -2.89. The van der Waals surface area contributed by atoms with Crippen molar-refractivity contribution in [2.24, 2.45) is 11.8 Å². The van der Waals surface area contributed by atoms with E-state index < -0.39 is 0 Å². The Balaban J connectivity index is 1.71. The molecule has 0 fully saturated rings. The number of hydrogen-bond acceptors (Lipinski definition) is 6. The van der Waals surface area contributed by atoms with E-state index in [1.165, 1.54) is 6.92 Å². The van der Waals surface area contributed by atoms with E-state index in [4.69, 9.17) is 23.7 Å². The molecule has 0 N–H and O–H groups in total. The second-order valence-electron chi connectivity index (χ2n) is 7.73. The van der Waals surface area contributed by atoms with Crippen LogP contribution in [0.1, 0.15) is 43.4 Å². The Morgan fingerprint density at radius 1 is 1.00 bits per heavy atom. The Morgan fingerprint density at radius 3 is 2.57 bits per heavy atom. The van der Waals surface area contributed by atoms with Crippen LogP contribution in [0.25, 0.3) is 0 Å². The van der Waals surface area contributed by atoms with Crippen molar-refractivity contribution in [3.8, 4) is 28.7 Å². The number of hydrogen-bond donors (Lipinski definition) is 0. The van der Waals surface area contributed by atoms with Gasteiger partial charge in [0.1, 0.15) is 5.75 Å². The van der Waals surface area contributed by atoms with Gasteiger partial charge in [-0.3, -0.25) is 4.79 Å². The molecular formula is C22H22O6. The van der Waals surface area contributed by atoms with Crippen LogP contribution in [0.5, 0.6) is 28.7 Å². The molecule has 0 radical (unpaired) electrons. The number of carbonyl (C=O) groups excluding carboxylic acids is 1. The van der Waals surface area contributed by atoms with Gasteiger partial charge in [-0.05, 0) is 36.0 Å². The first kappa shape index (κ1) is 17.2. The topological polar surface area (TPSA) is 63.2 Å². The molecule has 0 bridgehead atoms. The highest BCUT2D eigenvalue weighted by Crippen LogP contribution is 2.55. The maximum atomic E-state index is 11.7.